The molecule has 1 saturated carbocycles. The van der Waals surface area contributed by atoms with Gasteiger partial charge in [0, 0.05) is 6.54 Å². The molecule has 1 N–H and O–H groups in total. The summed E-state index contributed by atoms with van der Waals surface area (Å²) in [5.41, 5.74) is -0.298. The molecule has 0 radical (unpaired) electrons. The minimum absolute atomic E-state index is 0.298. The lowest BCUT2D eigenvalue weighted by atomic mass is 9.78. The van der Waals surface area contributed by atoms with Crippen molar-refractivity contribution in [1.82, 2.24) is 4.90 Å². The number of likely N-dealkylation sites (tertiary alicyclic amines) is 1. The summed E-state index contributed by atoms with van der Waals surface area (Å²) in [4.78, 5) is 2.39. The second-order valence-corrected chi connectivity index (χ2v) is 5.41. The van der Waals surface area contributed by atoms with Crippen molar-refractivity contribution in [2.24, 2.45) is 5.92 Å². The van der Waals surface area contributed by atoms with Crippen molar-refractivity contribution in [3.05, 3.63) is 0 Å². The Labute approximate surface area is 87.3 Å². The fourth-order valence-electron chi connectivity index (χ4n) is 3.14. The van der Waals surface area contributed by atoms with Crippen LogP contribution in [0.4, 0.5) is 0 Å². The zero-order valence-corrected chi connectivity index (χ0v) is 9.34. The summed E-state index contributed by atoms with van der Waals surface area (Å²) in [5.74, 6) is 0.753. The molecule has 1 aliphatic carbocycles. The van der Waals surface area contributed by atoms with Crippen LogP contribution in [-0.4, -0.2) is 35.7 Å². The van der Waals surface area contributed by atoms with Crippen LogP contribution in [0.25, 0.3) is 0 Å². The molecule has 0 aromatic carbocycles. The first-order valence-electron chi connectivity index (χ1n) is 6.09. The van der Waals surface area contributed by atoms with E-state index in [2.05, 4.69) is 11.9 Å². The van der Waals surface area contributed by atoms with Crippen LogP contribution in [0, 0.1) is 5.92 Å². The van der Waals surface area contributed by atoms with Gasteiger partial charge in [-0.15, -0.1) is 0 Å². The van der Waals surface area contributed by atoms with Crippen molar-refractivity contribution in [1.29, 1.82) is 0 Å². The molecule has 82 valence electrons. The highest BCUT2D eigenvalue weighted by molar-refractivity contribution is 4.87. The molecular formula is C12H23NO. The van der Waals surface area contributed by atoms with Crippen molar-refractivity contribution >= 4 is 0 Å². The van der Waals surface area contributed by atoms with E-state index in [9.17, 15) is 5.11 Å². The normalized spacial score (nSPS) is 33.4. The minimum atomic E-state index is -0.298. The SMILES string of the molecule is CN1CCC(CC2(O)CCCCC2)C1. The summed E-state index contributed by atoms with van der Waals surface area (Å²) in [6, 6.07) is 0. The third-order valence-corrected chi connectivity index (χ3v) is 3.94. The quantitative estimate of drug-likeness (QED) is 0.732. The fraction of sp³-hybridized carbons (Fsp3) is 1.00. The molecule has 2 rings (SSSR count). The number of hydrogen-bond donors (Lipinski definition) is 1. The first-order valence-corrected chi connectivity index (χ1v) is 6.09. The van der Waals surface area contributed by atoms with Gasteiger partial charge in [0.2, 0.25) is 0 Å². The standard InChI is InChI=1S/C12H23NO/c1-13-8-5-11(10-13)9-12(14)6-3-2-4-7-12/h11,14H,2-10H2,1H3. The summed E-state index contributed by atoms with van der Waals surface area (Å²) >= 11 is 0. The van der Waals surface area contributed by atoms with Crippen LogP contribution in [0.5, 0.6) is 0 Å². The van der Waals surface area contributed by atoms with Gasteiger partial charge in [-0.3, -0.25) is 0 Å². The number of nitrogens with zero attached hydrogens (tertiary/aromatic N) is 1. The first-order chi connectivity index (χ1) is 6.68. The van der Waals surface area contributed by atoms with Crippen molar-refractivity contribution in [2.75, 3.05) is 20.1 Å². The summed E-state index contributed by atoms with van der Waals surface area (Å²) < 4.78 is 0. The van der Waals surface area contributed by atoms with Crippen LogP contribution in [-0.2, 0) is 0 Å². The molecule has 0 spiro atoms. The molecule has 0 aromatic heterocycles. The van der Waals surface area contributed by atoms with Gasteiger partial charge in [-0.05, 0) is 45.2 Å². The van der Waals surface area contributed by atoms with Gasteiger partial charge in [0.15, 0.2) is 0 Å². The molecular weight excluding hydrogens is 174 g/mol. The number of hydrogen-bond acceptors (Lipinski definition) is 2. The van der Waals surface area contributed by atoms with E-state index < -0.39 is 0 Å². The summed E-state index contributed by atoms with van der Waals surface area (Å²) in [6.45, 7) is 2.42. The molecule has 1 atom stereocenters. The predicted molar refractivity (Wildman–Crippen MR) is 58.3 cm³/mol. The minimum Gasteiger partial charge on any atom is -0.390 e. The Morgan fingerprint density at radius 3 is 2.57 bits per heavy atom. The Kier molecular flexibility index (Phi) is 3.13. The Balaban J connectivity index is 1.83. The molecule has 0 bridgehead atoms. The van der Waals surface area contributed by atoms with Gasteiger partial charge in [-0.1, -0.05) is 19.3 Å². The molecule has 1 heterocycles. The van der Waals surface area contributed by atoms with Gasteiger partial charge in [0.25, 0.3) is 0 Å². The van der Waals surface area contributed by atoms with E-state index in [4.69, 9.17) is 0 Å². The van der Waals surface area contributed by atoms with Crippen LogP contribution in [0.3, 0.4) is 0 Å². The zero-order valence-electron chi connectivity index (χ0n) is 9.34. The van der Waals surface area contributed by atoms with E-state index in [0.717, 1.165) is 25.2 Å². The molecule has 2 fully saturated rings. The molecule has 14 heavy (non-hydrogen) atoms. The monoisotopic (exact) mass is 197 g/mol. The lowest BCUT2D eigenvalue weighted by Gasteiger charge is -2.34. The topological polar surface area (TPSA) is 23.5 Å². The highest BCUT2D eigenvalue weighted by Gasteiger charge is 2.33. The van der Waals surface area contributed by atoms with Crippen LogP contribution in [0.15, 0.2) is 0 Å². The largest absolute Gasteiger partial charge is 0.390 e. The van der Waals surface area contributed by atoms with Crippen LogP contribution < -0.4 is 0 Å². The predicted octanol–water partition coefficient (Wildman–Crippen LogP) is 2.02. The fourth-order valence-corrected chi connectivity index (χ4v) is 3.14. The van der Waals surface area contributed by atoms with E-state index in [0.29, 0.717) is 0 Å². The average Bonchev–Trinajstić information content (AvgIpc) is 2.51. The van der Waals surface area contributed by atoms with Gasteiger partial charge in [0.1, 0.15) is 0 Å². The van der Waals surface area contributed by atoms with Crippen LogP contribution in [0.1, 0.15) is 44.9 Å². The lowest BCUT2D eigenvalue weighted by molar-refractivity contribution is -0.0163. The van der Waals surface area contributed by atoms with E-state index in [1.165, 1.54) is 38.8 Å². The van der Waals surface area contributed by atoms with Gasteiger partial charge in [-0.25, -0.2) is 0 Å². The number of aliphatic hydroxyl groups is 1. The highest BCUT2D eigenvalue weighted by Crippen LogP contribution is 2.35. The van der Waals surface area contributed by atoms with E-state index in [-0.39, 0.29) is 5.60 Å². The third kappa shape index (κ3) is 2.48. The van der Waals surface area contributed by atoms with Crippen molar-refractivity contribution < 1.29 is 5.11 Å². The van der Waals surface area contributed by atoms with Gasteiger partial charge in [0.05, 0.1) is 5.60 Å². The maximum Gasteiger partial charge on any atom is 0.0651 e. The molecule has 1 aliphatic heterocycles. The summed E-state index contributed by atoms with van der Waals surface area (Å²) in [5, 5.41) is 10.4. The Morgan fingerprint density at radius 2 is 2.00 bits per heavy atom. The van der Waals surface area contributed by atoms with E-state index in [1.54, 1.807) is 0 Å². The lowest BCUT2D eigenvalue weighted by Crippen LogP contribution is -2.34. The summed E-state index contributed by atoms with van der Waals surface area (Å²) in [6.07, 6.45) is 8.24. The molecule has 2 aliphatic rings. The van der Waals surface area contributed by atoms with E-state index in [1.807, 2.05) is 0 Å². The summed E-state index contributed by atoms with van der Waals surface area (Å²) in [7, 11) is 2.19. The Hall–Kier alpha value is -0.0800. The smallest absolute Gasteiger partial charge is 0.0651 e. The first kappa shape index (κ1) is 10.4. The zero-order chi connectivity index (χ0) is 10.0. The number of rotatable bonds is 2. The van der Waals surface area contributed by atoms with Crippen LogP contribution in [0.2, 0.25) is 0 Å². The van der Waals surface area contributed by atoms with E-state index >= 15 is 0 Å². The van der Waals surface area contributed by atoms with Gasteiger partial charge >= 0.3 is 0 Å². The van der Waals surface area contributed by atoms with Gasteiger partial charge < -0.3 is 10.0 Å². The molecule has 1 unspecified atom stereocenters. The highest BCUT2D eigenvalue weighted by atomic mass is 16.3. The maximum atomic E-state index is 10.4. The molecule has 2 heteroatoms. The van der Waals surface area contributed by atoms with Gasteiger partial charge in [-0.2, -0.15) is 0 Å². The molecule has 2 nitrogen and oxygen atoms in total. The van der Waals surface area contributed by atoms with Crippen molar-refractivity contribution in [2.45, 2.75) is 50.5 Å². The molecule has 1 saturated heterocycles. The maximum absolute atomic E-state index is 10.4. The second-order valence-electron chi connectivity index (χ2n) is 5.41. The van der Waals surface area contributed by atoms with Crippen LogP contribution >= 0.6 is 0 Å². The Bertz CT molecular complexity index is 187. The molecule has 0 aromatic rings. The second kappa shape index (κ2) is 4.19. The Morgan fingerprint density at radius 1 is 1.29 bits per heavy atom. The average molecular weight is 197 g/mol. The van der Waals surface area contributed by atoms with Crippen molar-refractivity contribution in [3.8, 4) is 0 Å². The molecule has 0 amide bonds. The third-order valence-electron chi connectivity index (χ3n) is 3.94. The van der Waals surface area contributed by atoms with Crippen molar-refractivity contribution in [3.63, 3.8) is 0 Å².